The van der Waals surface area contributed by atoms with Crippen LogP contribution in [0.5, 0.6) is 0 Å². The highest BCUT2D eigenvalue weighted by Crippen LogP contribution is 2.10. The molecule has 2 nitrogen and oxygen atoms in total. The molecule has 1 heterocycles. The predicted octanol–water partition coefficient (Wildman–Crippen LogP) is 2.99. The van der Waals surface area contributed by atoms with Gasteiger partial charge < -0.3 is 4.98 Å². The summed E-state index contributed by atoms with van der Waals surface area (Å²) in [7, 11) is 0. The lowest BCUT2D eigenvalue weighted by atomic mass is 10.2. The Kier molecular flexibility index (Phi) is 3.23. The number of aldehydes is 1. The molecule has 0 amide bonds. The molecule has 0 atom stereocenters. The van der Waals surface area contributed by atoms with Gasteiger partial charge in [-0.3, -0.25) is 4.79 Å². The van der Waals surface area contributed by atoms with Crippen LogP contribution in [0.25, 0.3) is 0 Å². The monoisotopic (exact) mass is 273 g/mol. The maximum atomic E-state index is 10.5. The number of rotatable bonds is 1. The fraction of sp³-hybridized carbons (Fsp3) is 0. The molecule has 0 radical (unpaired) electrons. The lowest BCUT2D eigenvalue weighted by molar-refractivity contribution is 0.111. The van der Waals surface area contributed by atoms with Crippen LogP contribution < -0.4 is 0 Å². The molecular formula is C13H8BrNO. The number of benzene rings is 1. The van der Waals surface area contributed by atoms with E-state index >= 15 is 0 Å². The van der Waals surface area contributed by atoms with E-state index < -0.39 is 0 Å². The standard InChI is InChI=1S/C13H8BrNO/c14-12-3-1-2-10(6-12)4-5-11-7-13(9-16)15-8-11/h1-3,6-9,15H. The molecule has 0 spiro atoms. The van der Waals surface area contributed by atoms with Crippen LogP contribution in [0.2, 0.25) is 0 Å². The van der Waals surface area contributed by atoms with Crippen LogP contribution in [0, 0.1) is 11.8 Å². The second-order valence-electron chi connectivity index (χ2n) is 3.22. The Bertz CT molecular complexity index is 575. The molecule has 3 heteroatoms. The smallest absolute Gasteiger partial charge is 0.166 e. The van der Waals surface area contributed by atoms with E-state index in [1.54, 1.807) is 12.3 Å². The van der Waals surface area contributed by atoms with Crippen LogP contribution in [0.4, 0.5) is 0 Å². The molecular weight excluding hydrogens is 266 g/mol. The summed E-state index contributed by atoms with van der Waals surface area (Å²) >= 11 is 3.38. The lowest BCUT2D eigenvalue weighted by Crippen LogP contribution is -1.74. The Hall–Kier alpha value is -1.79. The topological polar surface area (TPSA) is 32.9 Å². The Morgan fingerprint density at radius 3 is 2.69 bits per heavy atom. The van der Waals surface area contributed by atoms with Crippen LogP contribution in [-0.4, -0.2) is 11.3 Å². The van der Waals surface area contributed by atoms with Crippen molar-refractivity contribution in [3.05, 3.63) is 57.8 Å². The van der Waals surface area contributed by atoms with E-state index in [4.69, 9.17) is 0 Å². The highest BCUT2D eigenvalue weighted by molar-refractivity contribution is 9.10. The zero-order chi connectivity index (χ0) is 11.4. The first-order valence-electron chi connectivity index (χ1n) is 4.69. The molecule has 16 heavy (non-hydrogen) atoms. The van der Waals surface area contributed by atoms with E-state index in [0.29, 0.717) is 5.69 Å². The van der Waals surface area contributed by atoms with Crippen LogP contribution >= 0.6 is 15.9 Å². The summed E-state index contributed by atoms with van der Waals surface area (Å²) in [5.74, 6) is 6.01. The van der Waals surface area contributed by atoms with E-state index in [1.165, 1.54) is 0 Å². The van der Waals surface area contributed by atoms with E-state index in [-0.39, 0.29) is 0 Å². The highest BCUT2D eigenvalue weighted by Gasteiger charge is 1.93. The lowest BCUT2D eigenvalue weighted by Gasteiger charge is -1.90. The maximum absolute atomic E-state index is 10.5. The number of hydrogen-bond donors (Lipinski definition) is 1. The van der Waals surface area contributed by atoms with Crippen LogP contribution in [0.3, 0.4) is 0 Å². The summed E-state index contributed by atoms with van der Waals surface area (Å²) in [6.45, 7) is 0. The number of nitrogens with one attached hydrogen (secondary N) is 1. The van der Waals surface area contributed by atoms with Crippen molar-refractivity contribution in [1.82, 2.24) is 4.98 Å². The SMILES string of the molecule is O=Cc1cc(C#Cc2cccc(Br)c2)c[nH]1. The van der Waals surface area contributed by atoms with Gasteiger partial charge in [0.25, 0.3) is 0 Å². The zero-order valence-corrected chi connectivity index (χ0v) is 9.91. The minimum atomic E-state index is 0.540. The van der Waals surface area contributed by atoms with Crippen molar-refractivity contribution in [2.45, 2.75) is 0 Å². The van der Waals surface area contributed by atoms with Crippen molar-refractivity contribution in [2.75, 3.05) is 0 Å². The second-order valence-corrected chi connectivity index (χ2v) is 4.14. The van der Waals surface area contributed by atoms with Crippen LogP contribution in [0.1, 0.15) is 21.6 Å². The fourth-order valence-corrected chi connectivity index (χ4v) is 1.66. The van der Waals surface area contributed by atoms with Gasteiger partial charge in [-0.25, -0.2) is 0 Å². The number of hydrogen-bond acceptors (Lipinski definition) is 1. The summed E-state index contributed by atoms with van der Waals surface area (Å²) in [5, 5.41) is 0. The summed E-state index contributed by atoms with van der Waals surface area (Å²) < 4.78 is 1.00. The molecule has 0 aliphatic rings. The van der Waals surface area contributed by atoms with Crippen molar-refractivity contribution in [3.8, 4) is 11.8 Å². The highest BCUT2D eigenvalue weighted by atomic mass is 79.9. The van der Waals surface area contributed by atoms with Crippen LogP contribution in [0.15, 0.2) is 41.0 Å². The third-order valence-corrected chi connectivity index (χ3v) is 2.50. The molecule has 0 bridgehead atoms. The van der Waals surface area contributed by atoms with Gasteiger partial charge in [-0.1, -0.05) is 33.8 Å². The quantitative estimate of drug-likeness (QED) is 0.629. The Morgan fingerprint density at radius 1 is 1.19 bits per heavy atom. The first-order valence-corrected chi connectivity index (χ1v) is 5.48. The number of aromatic amines is 1. The van der Waals surface area contributed by atoms with Crippen molar-refractivity contribution >= 4 is 22.2 Å². The average molecular weight is 274 g/mol. The van der Waals surface area contributed by atoms with Gasteiger partial charge >= 0.3 is 0 Å². The van der Waals surface area contributed by atoms with Crippen molar-refractivity contribution < 1.29 is 4.79 Å². The first-order chi connectivity index (χ1) is 7.78. The molecule has 2 aromatic rings. The van der Waals surface area contributed by atoms with Crippen LogP contribution in [-0.2, 0) is 0 Å². The molecule has 1 aromatic heterocycles. The van der Waals surface area contributed by atoms with Gasteiger partial charge in [-0.2, -0.15) is 0 Å². The third-order valence-electron chi connectivity index (χ3n) is 2.01. The van der Waals surface area contributed by atoms with Gasteiger partial charge in [-0.05, 0) is 24.3 Å². The molecule has 0 unspecified atom stereocenters. The summed E-state index contributed by atoms with van der Waals surface area (Å²) in [6, 6.07) is 9.48. The summed E-state index contributed by atoms with van der Waals surface area (Å²) in [6.07, 6.45) is 2.49. The molecule has 78 valence electrons. The molecule has 1 N–H and O–H groups in total. The minimum absolute atomic E-state index is 0.540. The fourth-order valence-electron chi connectivity index (χ4n) is 1.26. The molecule has 0 fully saturated rings. The third kappa shape index (κ3) is 2.62. The molecule has 1 aromatic carbocycles. The normalized spacial score (nSPS) is 9.31. The Morgan fingerprint density at radius 2 is 2.00 bits per heavy atom. The van der Waals surface area contributed by atoms with Gasteiger partial charge in [0.05, 0.1) is 5.69 Å². The molecule has 0 aliphatic heterocycles. The van der Waals surface area contributed by atoms with E-state index in [0.717, 1.165) is 21.9 Å². The molecule has 2 rings (SSSR count). The van der Waals surface area contributed by atoms with E-state index in [1.807, 2.05) is 24.3 Å². The number of halogens is 1. The van der Waals surface area contributed by atoms with Crippen molar-refractivity contribution in [1.29, 1.82) is 0 Å². The second kappa shape index (κ2) is 4.82. The Labute approximate surface area is 102 Å². The molecule has 0 aliphatic carbocycles. The number of carbonyl (C=O) groups is 1. The summed E-state index contributed by atoms with van der Waals surface area (Å²) in [4.78, 5) is 13.3. The van der Waals surface area contributed by atoms with E-state index in [9.17, 15) is 4.79 Å². The molecule has 0 saturated heterocycles. The maximum Gasteiger partial charge on any atom is 0.166 e. The Balaban J connectivity index is 2.24. The minimum Gasteiger partial charge on any atom is -0.358 e. The van der Waals surface area contributed by atoms with Crippen molar-refractivity contribution in [2.24, 2.45) is 0 Å². The van der Waals surface area contributed by atoms with E-state index in [2.05, 4.69) is 32.8 Å². The van der Waals surface area contributed by atoms with Gasteiger partial charge in [0, 0.05) is 21.8 Å². The number of carbonyl (C=O) groups excluding carboxylic acids is 1. The van der Waals surface area contributed by atoms with Gasteiger partial charge in [-0.15, -0.1) is 0 Å². The predicted molar refractivity (Wildman–Crippen MR) is 66.3 cm³/mol. The van der Waals surface area contributed by atoms with Crippen molar-refractivity contribution in [3.63, 3.8) is 0 Å². The average Bonchev–Trinajstić information content (AvgIpc) is 2.74. The van der Waals surface area contributed by atoms with Gasteiger partial charge in [0.15, 0.2) is 6.29 Å². The first kappa shape index (κ1) is 10.7. The number of aromatic nitrogens is 1. The van der Waals surface area contributed by atoms with Gasteiger partial charge in [0.2, 0.25) is 0 Å². The largest absolute Gasteiger partial charge is 0.358 e. The number of H-pyrrole nitrogens is 1. The molecule has 0 saturated carbocycles. The van der Waals surface area contributed by atoms with Gasteiger partial charge in [0.1, 0.15) is 0 Å². The summed E-state index contributed by atoms with van der Waals surface area (Å²) in [5.41, 5.74) is 2.28. The zero-order valence-electron chi connectivity index (χ0n) is 8.33.